The Balaban J connectivity index is 1.60. The second kappa shape index (κ2) is 5.88. The van der Waals surface area contributed by atoms with Gasteiger partial charge in [-0.3, -0.25) is 4.98 Å². The van der Waals surface area contributed by atoms with E-state index in [-0.39, 0.29) is 18.0 Å². The number of hydrogen-bond acceptors (Lipinski definition) is 5. The number of benzene rings is 2. The van der Waals surface area contributed by atoms with Gasteiger partial charge in [0.05, 0.1) is 11.8 Å². The van der Waals surface area contributed by atoms with Crippen LogP contribution in [-0.2, 0) is 0 Å². The van der Waals surface area contributed by atoms with Crippen molar-refractivity contribution in [1.29, 1.82) is 0 Å². The summed E-state index contributed by atoms with van der Waals surface area (Å²) in [6.45, 7) is 0. The highest BCUT2D eigenvalue weighted by molar-refractivity contribution is 6.02. The third-order valence-corrected chi connectivity index (χ3v) is 4.87. The van der Waals surface area contributed by atoms with Crippen molar-refractivity contribution in [2.45, 2.75) is 18.7 Å². The Kier molecular flexibility index (Phi) is 3.38. The van der Waals surface area contributed by atoms with E-state index in [2.05, 4.69) is 11.1 Å². The maximum atomic E-state index is 9.82. The summed E-state index contributed by atoms with van der Waals surface area (Å²) in [6, 6.07) is 19.4. The molecule has 0 amide bonds. The summed E-state index contributed by atoms with van der Waals surface area (Å²) in [7, 11) is 0. The molecule has 1 N–H and O–H groups in total. The standard InChI is InChI=1S/C21H17N3O2/c25-16-5-3-4-15(12-16)18-13-19-17-6-1-2-7-20(17)26-21(24(19)23-18)14-8-10-22-11-9-14/h1-12,19,21,25H,13H2/t19-,21+/m0/s1. The smallest absolute Gasteiger partial charge is 0.213 e. The molecule has 3 aromatic rings. The summed E-state index contributed by atoms with van der Waals surface area (Å²) in [6.07, 6.45) is 4.01. The first-order valence-electron chi connectivity index (χ1n) is 8.60. The van der Waals surface area contributed by atoms with E-state index in [4.69, 9.17) is 9.84 Å². The number of aromatic hydroxyl groups is 1. The van der Waals surface area contributed by atoms with Gasteiger partial charge < -0.3 is 9.84 Å². The Morgan fingerprint density at radius 3 is 2.69 bits per heavy atom. The Labute approximate surface area is 151 Å². The summed E-state index contributed by atoms with van der Waals surface area (Å²) in [5, 5.41) is 16.7. The molecule has 0 fully saturated rings. The monoisotopic (exact) mass is 343 g/mol. The summed E-state index contributed by atoms with van der Waals surface area (Å²) in [5.41, 5.74) is 4.03. The molecule has 0 spiro atoms. The molecule has 26 heavy (non-hydrogen) atoms. The number of hydrogen-bond donors (Lipinski definition) is 1. The van der Waals surface area contributed by atoms with Gasteiger partial charge >= 0.3 is 0 Å². The fourth-order valence-electron chi connectivity index (χ4n) is 3.64. The number of hydrazone groups is 1. The minimum atomic E-state index is -0.298. The number of ether oxygens (including phenoxy) is 1. The lowest BCUT2D eigenvalue weighted by molar-refractivity contribution is -0.0190. The minimum absolute atomic E-state index is 0.107. The predicted octanol–water partition coefficient (Wildman–Crippen LogP) is 4.03. The van der Waals surface area contributed by atoms with Crippen LogP contribution in [0.5, 0.6) is 11.5 Å². The molecular formula is C21H17N3O2. The number of phenolic OH excluding ortho intramolecular Hbond substituents is 1. The molecule has 0 saturated carbocycles. The van der Waals surface area contributed by atoms with E-state index in [1.54, 1.807) is 24.5 Å². The molecule has 0 aliphatic carbocycles. The van der Waals surface area contributed by atoms with Gasteiger partial charge in [0.2, 0.25) is 6.23 Å². The van der Waals surface area contributed by atoms with E-state index >= 15 is 0 Å². The highest BCUT2D eigenvalue weighted by atomic mass is 16.5. The van der Waals surface area contributed by atoms with Gasteiger partial charge in [-0.1, -0.05) is 30.3 Å². The van der Waals surface area contributed by atoms with Crippen LogP contribution in [0, 0.1) is 0 Å². The lowest BCUT2D eigenvalue weighted by Gasteiger charge is -2.38. The number of aromatic nitrogens is 1. The number of pyridine rings is 1. The Bertz CT molecular complexity index is 987. The Morgan fingerprint density at radius 2 is 1.85 bits per heavy atom. The van der Waals surface area contributed by atoms with Crippen molar-refractivity contribution in [2.24, 2.45) is 5.10 Å². The Hall–Kier alpha value is -3.34. The van der Waals surface area contributed by atoms with Gasteiger partial charge in [0, 0.05) is 35.5 Å². The van der Waals surface area contributed by atoms with E-state index in [9.17, 15) is 5.11 Å². The van der Waals surface area contributed by atoms with Crippen LogP contribution in [0.3, 0.4) is 0 Å². The fourth-order valence-corrected chi connectivity index (χ4v) is 3.64. The second-order valence-corrected chi connectivity index (χ2v) is 6.49. The van der Waals surface area contributed by atoms with Gasteiger partial charge in [0.25, 0.3) is 0 Å². The summed E-state index contributed by atoms with van der Waals surface area (Å²) < 4.78 is 6.28. The van der Waals surface area contributed by atoms with Gasteiger partial charge in [0.15, 0.2) is 0 Å². The van der Waals surface area contributed by atoms with Gasteiger partial charge in [-0.15, -0.1) is 0 Å². The molecule has 0 saturated heterocycles. The van der Waals surface area contributed by atoms with Crippen molar-refractivity contribution in [1.82, 2.24) is 9.99 Å². The first-order chi connectivity index (χ1) is 12.8. The van der Waals surface area contributed by atoms with Crippen LogP contribution in [0.2, 0.25) is 0 Å². The third kappa shape index (κ3) is 2.40. The molecule has 2 aromatic carbocycles. The molecule has 5 heteroatoms. The number of para-hydroxylation sites is 1. The average molecular weight is 343 g/mol. The largest absolute Gasteiger partial charge is 0.508 e. The molecule has 5 nitrogen and oxygen atoms in total. The first kappa shape index (κ1) is 15.0. The predicted molar refractivity (Wildman–Crippen MR) is 97.9 cm³/mol. The van der Waals surface area contributed by atoms with Gasteiger partial charge in [-0.25, -0.2) is 5.01 Å². The highest BCUT2D eigenvalue weighted by Crippen LogP contribution is 2.47. The quantitative estimate of drug-likeness (QED) is 0.763. The summed E-state index contributed by atoms with van der Waals surface area (Å²) in [5.74, 6) is 1.14. The van der Waals surface area contributed by atoms with Crippen molar-refractivity contribution < 1.29 is 9.84 Å². The van der Waals surface area contributed by atoms with E-state index in [0.29, 0.717) is 0 Å². The molecule has 5 rings (SSSR count). The van der Waals surface area contributed by atoms with E-state index in [1.165, 1.54) is 0 Å². The zero-order chi connectivity index (χ0) is 17.5. The second-order valence-electron chi connectivity index (χ2n) is 6.49. The van der Waals surface area contributed by atoms with Gasteiger partial charge in [0.1, 0.15) is 11.5 Å². The van der Waals surface area contributed by atoms with Gasteiger partial charge in [-0.2, -0.15) is 5.10 Å². The lowest BCUT2D eigenvalue weighted by Crippen LogP contribution is -2.33. The topological polar surface area (TPSA) is 58.0 Å². The molecule has 2 aliphatic rings. The maximum absolute atomic E-state index is 9.82. The van der Waals surface area contributed by atoms with Crippen LogP contribution in [0.25, 0.3) is 0 Å². The molecule has 0 bridgehead atoms. The zero-order valence-electron chi connectivity index (χ0n) is 14.0. The number of rotatable bonds is 2. The van der Waals surface area contributed by atoms with Crippen molar-refractivity contribution >= 4 is 5.71 Å². The van der Waals surface area contributed by atoms with Gasteiger partial charge in [-0.05, 0) is 30.3 Å². The van der Waals surface area contributed by atoms with Crippen LogP contribution in [-0.4, -0.2) is 20.8 Å². The van der Waals surface area contributed by atoms with Crippen LogP contribution in [0.15, 0.2) is 78.2 Å². The minimum Gasteiger partial charge on any atom is -0.508 e. The molecule has 0 radical (unpaired) electrons. The van der Waals surface area contributed by atoms with Crippen LogP contribution in [0.4, 0.5) is 0 Å². The maximum Gasteiger partial charge on any atom is 0.213 e. The summed E-state index contributed by atoms with van der Waals surface area (Å²) in [4.78, 5) is 4.10. The zero-order valence-corrected chi connectivity index (χ0v) is 14.0. The van der Waals surface area contributed by atoms with Crippen molar-refractivity contribution in [3.8, 4) is 11.5 Å². The number of fused-ring (bicyclic) bond motifs is 3. The van der Waals surface area contributed by atoms with E-state index < -0.39 is 0 Å². The summed E-state index contributed by atoms with van der Waals surface area (Å²) >= 11 is 0. The van der Waals surface area contributed by atoms with Crippen molar-refractivity contribution in [2.75, 3.05) is 0 Å². The Morgan fingerprint density at radius 1 is 1.00 bits per heavy atom. The molecule has 1 aromatic heterocycles. The van der Waals surface area contributed by atoms with Crippen LogP contribution in [0.1, 0.15) is 35.4 Å². The van der Waals surface area contributed by atoms with E-state index in [0.717, 1.165) is 34.6 Å². The SMILES string of the molecule is Oc1cccc(C2=NN3[C@@H](c4ccncc4)Oc4ccccc4[C@@H]3C2)c1. The number of phenols is 1. The first-order valence-corrected chi connectivity index (χ1v) is 8.60. The molecule has 0 unspecified atom stereocenters. The molecule has 2 atom stereocenters. The fraction of sp³-hybridized carbons (Fsp3) is 0.143. The van der Waals surface area contributed by atoms with Crippen molar-refractivity contribution in [3.63, 3.8) is 0 Å². The molecule has 3 heterocycles. The molecule has 2 aliphatic heterocycles. The number of nitrogens with zero attached hydrogens (tertiary/aromatic N) is 3. The van der Waals surface area contributed by atoms with Crippen LogP contribution < -0.4 is 4.74 Å². The van der Waals surface area contributed by atoms with Crippen LogP contribution >= 0.6 is 0 Å². The van der Waals surface area contributed by atoms with E-state index in [1.807, 2.05) is 47.5 Å². The third-order valence-electron chi connectivity index (χ3n) is 4.87. The van der Waals surface area contributed by atoms with Crippen molar-refractivity contribution in [3.05, 3.63) is 89.7 Å². The molecule has 128 valence electrons. The normalized spacial score (nSPS) is 20.8. The molecular weight excluding hydrogens is 326 g/mol. The lowest BCUT2D eigenvalue weighted by atomic mass is 9.96. The average Bonchev–Trinajstić information content (AvgIpc) is 3.14. The highest BCUT2D eigenvalue weighted by Gasteiger charge is 2.40.